The summed E-state index contributed by atoms with van der Waals surface area (Å²) < 4.78 is 6.06. The molecule has 0 saturated carbocycles. The number of ether oxygens (including phenoxy) is 1. The number of rotatable bonds is 7. The van der Waals surface area contributed by atoms with Crippen molar-refractivity contribution >= 4 is 5.91 Å². The monoisotopic (exact) mass is 353 g/mol. The highest BCUT2D eigenvalue weighted by atomic mass is 16.5. The van der Waals surface area contributed by atoms with E-state index in [0.717, 1.165) is 24.3 Å². The SMILES string of the molecule is CNCC(=O)NC1CC(COc2cccc(-c3ccccc3)c2)N(C)C1. The van der Waals surface area contributed by atoms with Gasteiger partial charge in [0.15, 0.2) is 0 Å². The van der Waals surface area contributed by atoms with Gasteiger partial charge in [0.05, 0.1) is 6.54 Å². The fraction of sp³-hybridized carbons (Fsp3) is 0.381. The van der Waals surface area contributed by atoms with E-state index in [-0.39, 0.29) is 11.9 Å². The van der Waals surface area contributed by atoms with Crippen LogP contribution in [0.2, 0.25) is 0 Å². The first kappa shape index (κ1) is 18.4. The Labute approximate surface area is 155 Å². The number of nitrogens with one attached hydrogen (secondary N) is 2. The van der Waals surface area contributed by atoms with Crippen LogP contribution in [0.1, 0.15) is 6.42 Å². The molecule has 2 atom stereocenters. The second-order valence-corrected chi connectivity index (χ2v) is 6.83. The minimum Gasteiger partial charge on any atom is -0.492 e. The predicted molar refractivity (Wildman–Crippen MR) is 104 cm³/mol. The third-order valence-electron chi connectivity index (χ3n) is 4.77. The van der Waals surface area contributed by atoms with Crippen LogP contribution >= 0.6 is 0 Å². The first-order chi connectivity index (χ1) is 12.7. The lowest BCUT2D eigenvalue weighted by molar-refractivity contribution is -0.120. The number of benzene rings is 2. The second kappa shape index (κ2) is 8.83. The maximum atomic E-state index is 11.7. The fourth-order valence-electron chi connectivity index (χ4n) is 3.41. The normalized spacial score (nSPS) is 20.1. The Balaban J connectivity index is 1.55. The van der Waals surface area contributed by atoms with Crippen LogP contribution < -0.4 is 15.4 Å². The van der Waals surface area contributed by atoms with E-state index in [1.165, 1.54) is 5.56 Å². The molecule has 26 heavy (non-hydrogen) atoms. The van der Waals surface area contributed by atoms with E-state index in [1.807, 2.05) is 30.3 Å². The van der Waals surface area contributed by atoms with Crippen molar-refractivity contribution in [3.63, 3.8) is 0 Å². The maximum absolute atomic E-state index is 11.7. The second-order valence-electron chi connectivity index (χ2n) is 6.83. The van der Waals surface area contributed by atoms with Gasteiger partial charge in [-0.3, -0.25) is 9.69 Å². The summed E-state index contributed by atoms with van der Waals surface area (Å²) in [5, 5.41) is 5.95. The van der Waals surface area contributed by atoms with Gasteiger partial charge in [0.2, 0.25) is 5.91 Å². The van der Waals surface area contributed by atoms with E-state index >= 15 is 0 Å². The quantitative estimate of drug-likeness (QED) is 0.801. The van der Waals surface area contributed by atoms with Crippen molar-refractivity contribution in [2.75, 3.05) is 33.8 Å². The van der Waals surface area contributed by atoms with Gasteiger partial charge in [-0.15, -0.1) is 0 Å². The average molecular weight is 353 g/mol. The molecule has 1 amide bonds. The van der Waals surface area contributed by atoms with Crippen LogP contribution in [0.25, 0.3) is 11.1 Å². The molecule has 5 heteroatoms. The topological polar surface area (TPSA) is 53.6 Å². The standard InChI is InChI=1S/C21H27N3O2/c1-22-13-21(25)23-18-12-19(24(2)14-18)15-26-20-10-6-9-17(11-20)16-7-4-3-5-8-16/h3-11,18-19,22H,12-15H2,1-2H3,(H,23,25). The molecule has 2 aromatic carbocycles. The number of likely N-dealkylation sites (tertiary alicyclic amines) is 1. The van der Waals surface area contributed by atoms with Gasteiger partial charge in [-0.05, 0) is 43.8 Å². The largest absolute Gasteiger partial charge is 0.492 e. The Hall–Kier alpha value is -2.37. The molecule has 5 nitrogen and oxygen atoms in total. The summed E-state index contributed by atoms with van der Waals surface area (Å²) in [6.07, 6.45) is 0.907. The maximum Gasteiger partial charge on any atom is 0.234 e. The van der Waals surface area contributed by atoms with Crippen molar-refractivity contribution in [3.8, 4) is 16.9 Å². The number of hydrogen-bond donors (Lipinski definition) is 2. The average Bonchev–Trinajstić information content (AvgIpc) is 3.00. The molecular formula is C21H27N3O2. The minimum atomic E-state index is 0.0445. The van der Waals surface area contributed by atoms with Gasteiger partial charge in [0.1, 0.15) is 12.4 Å². The summed E-state index contributed by atoms with van der Waals surface area (Å²) in [5.41, 5.74) is 2.34. The van der Waals surface area contributed by atoms with E-state index in [2.05, 4.69) is 46.8 Å². The molecule has 1 heterocycles. The Morgan fingerprint density at radius 1 is 1.15 bits per heavy atom. The van der Waals surface area contributed by atoms with E-state index in [1.54, 1.807) is 7.05 Å². The number of hydrogen-bond acceptors (Lipinski definition) is 4. The number of amides is 1. The molecule has 3 rings (SSSR count). The summed E-state index contributed by atoms with van der Waals surface area (Å²) in [4.78, 5) is 14.0. The number of carbonyl (C=O) groups is 1. The molecule has 2 N–H and O–H groups in total. The number of carbonyl (C=O) groups excluding carboxylic acids is 1. The van der Waals surface area contributed by atoms with Gasteiger partial charge >= 0.3 is 0 Å². The zero-order valence-electron chi connectivity index (χ0n) is 15.4. The lowest BCUT2D eigenvalue weighted by Gasteiger charge is -2.19. The van der Waals surface area contributed by atoms with E-state index < -0.39 is 0 Å². The molecule has 0 aliphatic carbocycles. The Morgan fingerprint density at radius 3 is 2.69 bits per heavy atom. The zero-order valence-corrected chi connectivity index (χ0v) is 15.4. The van der Waals surface area contributed by atoms with E-state index in [4.69, 9.17) is 4.74 Å². The number of likely N-dealkylation sites (N-methyl/N-ethyl adjacent to an activating group) is 2. The van der Waals surface area contributed by atoms with Gasteiger partial charge in [-0.25, -0.2) is 0 Å². The molecule has 0 radical (unpaired) electrons. The van der Waals surface area contributed by atoms with Crippen LogP contribution in [0.4, 0.5) is 0 Å². The third-order valence-corrected chi connectivity index (χ3v) is 4.77. The van der Waals surface area contributed by atoms with Crippen molar-refractivity contribution < 1.29 is 9.53 Å². The fourth-order valence-corrected chi connectivity index (χ4v) is 3.41. The number of nitrogens with zero attached hydrogens (tertiary/aromatic N) is 1. The minimum absolute atomic E-state index is 0.0445. The van der Waals surface area contributed by atoms with Crippen LogP contribution in [0.3, 0.4) is 0 Å². The van der Waals surface area contributed by atoms with Gasteiger partial charge in [-0.1, -0.05) is 42.5 Å². The van der Waals surface area contributed by atoms with Gasteiger partial charge in [0.25, 0.3) is 0 Å². The van der Waals surface area contributed by atoms with Gasteiger partial charge in [0, 0.05) is 18.6 Å². The van der Waals surface area contributed by atoms with Crippen molar-refractivity contribution in [2.24, 2.45) is 0 Å². The molecule has 138 valence electrons. The van der Waals surface area contributed by atoms with Gasteiger partial charge in [-0.2, -0.15) is 0 Å². The van der Waals surface area contributed by atoms with Crippen LogP contribution in [0.5, 0.6) is 5.75 Å². The molecular weight excluding hydrogens is 326 g/mol. The molecule has 0 aromatic heterocycles. The van der Waals surface area contributed by atoms with Crippen molar-refractivity contribution in [3.05, 3.63) is 54.6 Å². The molecule has 1 saturated heterocycles. The zero-order chi connectivity index (χ0) is 18.4. The van der Waals surface area contributed by atoms with Gasteiger partial charge < -0.3 is 15.4 Å². The van der Waals surface area contributed by atoms with Crippen molar-refractivity contribution in [2.45, 2.75) is 18.5 Å². The van der Waals surface area contributed by atoms with Crippen molar-refractivity contribution in [1.29, 1.82) is 0 Å². The summed E-state index contributed by atoms with van der Waals surface area (Å²) >= 11 is 0. The third kappa shape index (κ3) is 4.84. The van der Waals surface area contributed by atoms with Crippen LogP contribution in [0, 0.1) is 0 Å². The molecule has 0 bridgehead atoms. The molecule has 1 aliphatic heterocycles. The highest BCUT2D eigenvalue weighted by Gasteiger charge is 2.30. The predicted octanol–water partition coefficient (Wildman–Crippen LogP) is 2.14. The Kier molecular flexibility index (Phi) is 6.26. The summed E-state index contributed by atoms with van der Waals surface area (Å²) in [6.45, 7) is 1.83. The highest BCUT2D eigenvalue weighted by Crippen LogP contribution is 2.24. The molecule has 2 aromatic rings. The van der Waals surface area contributed by atoms with Crippen LogP contribution in [-0.2, 0) is 4.79 Å². The van der Waals surface area contributed by atoms with E-state index in [9.17, 15) is 4.79 Å². The van der Waals surface area contributed by atoms with Crippen LogP contribution in [0.15, 0.2) is 54.6 Å². The molecule has 1 fully saturated rings. The summed E-state index contributed by atoms with van der Waals surface area (Å²) in [5.74, 6) is 0.922. The highest BCUT2D eigenvalue weighted by molar-refractivity contribution is 5.78. The first-order valence-corrected chi connectivity index (χ1v) is 9.08. The van der Waals surface area contributed by atoms with E-state index in [0.29, 0.717) is 19.2 Å². The Morgan fingerprint density at radius 2 is 1.92 bits per heavy atom. The van der Waals surface area contributed by atoms with Crippen molar-refractivity contribution in [1.82, 2.24) is 15.5 Å². The smallest absolute Gasteiger partial charge is 0.234 e. The molecule has 0 spiro atoms. The summed E-state index contributed by atoms with van der Waals surface area (Å²) in [6, 6.07) is 19.0. The lowest BCUT2D eigenvalue weighted by atomic mass is 10.1. The molecule has 2 unspecified atom stereocenters. The first-order valence-electron chi connectivity index (χ1n) is 9.08. The summed E-state index contributed by atoms with van der Waals surface area (Å²) in [7, 11) is 3.86. The molecule has 1 aliphatic rings. The van der Waals surface area contributed by atoms with Crippen LogP contribution in [-0.4, -0.2) is 56.7 Å². The Bertz CT molecular complexity index is 720. The lowest BCUT2D eigenvalue weighted by Crippen LogP contribution is -2.40.